The molecule has 0 saturated carbocycles. The first kappa shape index (κ1) is 13.2. The average Bonchev–Trinajstić information content (AvgIpc) is 2.53. The highest BCUT2D eigenvalue weighted by atomic mass is 15.5. The van der Waals surface area contributed by atoms with Gasteiger partial charge in [0.05, 0.1) is 17.9 Å². The summed E-state index contributed by atoms with van der Waals surface area (Å²) in [5, 5.41) is 1.92. The quantitative estimate of drug-likeness (QED) is 0.848. The van der Waals surface area contributed by atoms with E-state index in [-0.39, 0.29) is 0 Å². The standard InChI is InChI=1S/C16H17N5/c1-12-4-5-14(17)9-16(12)20-21-8-6-15(19-11-21)13-3-2-7-18-10-13/h2-7,9-11,20H,8,17H2,1H3. The van der Waals surface area contributed by atoms with Gasteiger partial charge in [-0.2, -0.15) is 0 Å². The highest BCUT2D eigenvalue weighted by molar-refractivity contribution is 5.76. The molecule has 0 aliphatic carbocycles. The van der Waals surface area contributed by atoms with E-state index in [1.165, 1.54) is 0 Å². The number of nitrogen functional groups attached to an aromatic ring is 1. The number of aliphatic imine (C=N–C) groups is 1. The van der Waals surface area contributed by atoms with Crippen molar-refractivity contribution in [2.24, 2.45) is 4.99 Å². The van der Waals surface area contributed by atoms with Crippen LogP contribution in [0, 0.1) is 6.92 Å². The molecule has 1 aliphatic heterocycles. The molecule has 0 fully saturated rings. The number of aryl methyl sites for hydroxylation is 1. The number of rotatable bonds is 3. The third-order valence-electron chi connectivity index (χ3n) is 3.30. The van der Waals surface area contributed by atoms with Gasteiger partial charge in [0.15, 0.2) is 0 Å². The number of aromatic nitrogens is 1. The molecule has 3 rings (SSSR count). The molecule has 1 aromatic carbocycles. The number of anilines is 2. The Morgan fingerprint density at radius 2 is 2.19 bits per heavy atom. The van der Waals surface area contributed by atoms with Crippen LogP contribution in [-0.2, 0) is 0 Å². The van der Waals surface area contributed by atoms with E-state index in [1.807, 2.05) is 48.5 Å². The van der Waals surface area contributed by atoms with Crippen LogP contribution >= 0.6 is 0 Å². The molecule has 1 aromatic heterocycles. The van der Waals surface area contributed by atoms with Gasteiger partial charge in [0.2, 0.25) is 0 Å². The number of benzene rings is 1. The van der Waals surface area contributed by atoms with Crippen molar-refractivity contribution >= 4 is 23.4 Å². The van der Waals surface area contributed by atoms with Gasteiger partial charge in [0, 0.05) is 23.6 Å². The maximum atomic E-state index is 5.82. The topological polar surface area (TPSA) is 66.5 Å². The van der Waals surface area contributed by atoms with Crippen molar-refractivity contribution in [3.8, 4) is 0 Å². The van der Waals surface area contributed by atoms with E-state index in [1.54, 1.807) is 12.5 Å². The molecule has 5 heteroatoms. The average molecular weight is 279 g/mol. The Balaban J connectivity index is 1.70. The van der Waals surface area contributed by atoms with Crippen LogP contribution < -0.4 is 11.2 Å². The van der Waals surface area contributed by atoms with Crippen molar-refractivity contribution in [1.82, 2.24) is 9.99 Å². The summed E-state index contributed by atoms with van der Waals surface area (Å²) in [6.07, 6.45) is 7.41. The lowest BCUT2D eigenvalue weighted by Gasteiger charge is -2.24. The lowest BCUT2D eigenvalue weighted by molar-refractivity contribution is 0.564. The lowest BCUT2D eigenvalue weighted by atomic mass is 10.2. The first-order chi connectivity index (χ1) is 10.2. The Morgan fingerprint density at radius 1 is 1.29 bits per heavy atom. The van der Waals surface area contributed by atoms with Gasteiger partial charge in [-0.25, -0.2) is 4.99 Å². The monoisotopic (exact) mass is 279 g/mol. The smallest absolute Gasteiger partial charge is 0.110 e. The molecule has 3 N–H and O–H groups in total. The van der Waals surface area contributed by atoms with Gasteiger partial charge in [-0.15, -0.1) is 0 Å². The molecule has 21 heavy (non-hydrogen) atoms. The van der Waals surface area contributed by atoms with Gasteiger partial charge in [-0.3, -0.25) is 15.4 Å². The number of nitrogens with one attached hydrogen (secondary N) is 1. The van der Waals surface area contributed by atoms with Crippen molar-refractivity contribution in [1.29, 1.82) is 0 Å². The van der Waals surface area contributed by atoms with Crippen molar-refractivity contribution < 1.29 is 0 Å². The number of hydrogen-bond acceptors (Lipinski definition) is 5. The fourth-order valence-electron chi connectivity index (χ4n) is 2.11. The van der Waals surface area contributed by atoms with Gasteiger partial charge in [-0.1, -0.05) is 6.07 Å². The zero-order valence-electron chi connectivity index (χ0n) is 11.8. The first-order valence-electron chi connectivity index (χ1n) is 6.76. The van der Waals surface area contributed by atoms with Crippen molar-refractivity contribution in [2.45, 2.75) is 6.92 Å². The third-order valence-corrected chi connectivity index (χ3v) is 3.30. The molecule has 106 valence electrons. The molecule has 2 aromatic rings. The van der Waals surface area contributed by atoms with Crippen molar-refractivity contribution in [2.75, 3.05) is 17.7 Å². The van der Waals surface area contributed by atoms with E-state index in [4.69, 9.17) is 5.73 Å². The van der Waals surface area contributed by atoms with Crippen LogP contribution in [0.3, 0.4) is 0 Å². The first-order valence-corrected chi connectivity index (χ1v) is 6.76. The zero-order chi connectivity index (χ0) is 14.7. The van der Waals surface area contributed by atoms with Crippen LogP contribution in [0.4, 0.5) is 11.4 Å². The molecule has 0 amide bonds. The van der Waals surface area contributed by atoms with Crippen molar-refractivity contribution in [3.05, 3.63) is 59.9 Å². The molecule has 0 bridgehead atoms. The van der Waals surface area contributed by atoms with Crippen LogP contribution in [0.1, 0.15) is 11.1 Å². The number of hydrogen-bond donors (Lipinski definition) is 2. The number of nitrogens with two attached hydrogens (primary N) is 1. The third kappa shape index (κ3) is 3.02. The van der Waals surface area contributed by atoms with E-state index in [0.717, 1.165) is 34.7 Å². The highest BCUT2D eigenvalue weighted by Crippen LogP contribution is 2.21. The normalized spacial score (nSPS) is 14.0. The van der Waals surface area contributed by atoms with E-state index in [0.29, 0.717) is 0 Å². The van der Waals surface area contributed by atoms with Gasteiger partial charge >= 0.3 is 0 Å². The minimum Gasteiger partial charge on any atom is -0.399 e. The second-order valence-electron chi connectivity index (χ2n) is 4.91. The number of pyridine rings is 1. The number of nitrogens with zero attached hydrogens (tertiary/aromatic N) is 3. The molecular formula is C16H17N5. The van der Waals surface area contributed by atoms with E-state index in [9.17, 15) is 0 Å². The van der Waals surface area contributed by atoms with E-state index >= 15 is 0 Å². The molecule has 1 aliphatic rings. The SMILES string of the molecule is Cc1ccc(N)cc1NN1C=NC(c2cccnc2)=CC1. The Bertz CT molecular complexity index is 691. The Kier molecular flexibility index (Phi) is 3.55. The summed E-state index contributed by atoms with van der Waals surface area (Å²) < 4.78 is 0. The lowest BCUT2D eigenvalue weighted by Crippen LogP contribution is -2.31. The summed E-state index contributed by atoms with van der Waals surface area (Å²) in [7, 11) is 0. The molecular weight excluding hydrogens is 262 g/mol. The second kappa shape index (κ2) is 5.66. The Morgan fingerprint density at radius 3 is 2.90 bits per heavy atom. The minimum atomic E-state index is 0.724. The summed E-state index contributed by atoms with van der Waals surface area (Å²) in [5.74, 6) is 0. The molecule has 0 atom stereocenters. The van der Waals surface area contributed by atoms with Crippen molar-refractivity contribution in [3.63, 3.8) is 0 Å². The fourth-order valence-corrected chi connectivity index (χ4v) is 2.11. The fraction of sp³-hybridized carbons (Fsp3) is 0.125. The second-order valence-corrected chi connectivity index (χ2v) is 4.91. The molecule has 5 nitrogen and oxygen atoms in total. The molecule has 0 radical (unpaired) electrons. The predicted molar refractivity (Wildman–Crippen MR) is 86.6 cm³/mol. The predicted octanol–water partition coefficient (Wildman–Crippen LogP) is 2.68. The molecule has 0 unspecified atom stereocenters. The Labute approximate surface area is 123 Å². The summed E-state index contributed by atoms with van der Waals surface area (Å²) in [4.78, 5) is 8.57. The summed E-state index contributed by atoms with van der Waals surface area (Å²) in [5.41, 5.74) is 13.9. The van der Waals surface area contributed by atoms with Gasteiger partial charge in [0.25, 0.3) is 0 Å². The van der Waals surface area contributed by atoms with Crippen LogP contribution in [0.2, 0.25) is 0 Å². The number of hydrazine groups is 1. The van der Waals surface area contributed by atoms with Crippen LogP contribution in [-0.4, -0.2) is 22.9 Å². The summed E-state index contributed by atoms with van der Waals surface area (Å²) in [6, 6.07) is 9.72. The summed E-state index contributed by atoms with van der Waals surface area (Å²) >= 11 is 0. The maximum absolute atomic E-state index is 5.82. The van der Waals surface area contributed by atoms with Gasteiger partial charge < -0.3 is 5.73 Å². The van der Waals surface area contributed by atoms with Crippen LogP contribution in [0.5, 0.6) is 0 Å². The molecule has 0 saturated heterocycles. The van der Waals surface area contributed by atoms with E-state index < -0.39 is 0 Å². The molecule has 2 heterocycles. The van der Waals surface area contributed by atoms with Crippen LogP contribution in [0.15, 0.2) is 53.8 Å². The minimum absolute atomic E-state index is 0.724. The Hall–Kier alpha value is -2.82. The highest BCUT2D eigenvalue weighted by Gasteiger charge is 2.09. The summed E-state index contributed by atoms with van der Waals surface area (Å²) in [6.45, 7) is 2.77. The van der Waals surface area contributed by atoms with E-state index in [2.05, 4.69) is 21.5 Å². The van der Waals surface area contributed by atoms with Crippen LogP contribution in [0.25, 0.3) is 5.70 Å². The largest absolute Gasteiger partial charge is 0.399 e. The van der Waals surface area contributed by atoms with Gasteiger partial charge in [-0.05, 0) is 42.8 Å². The maximum Gasteiger partial charge on any atom is 0.110 e. The molecule has 0 spiro atoms. The zero-order valence-corrected chi connectivity index (χ0v) is 11.8. The van der Waals surface area contributed by atoms with Gasteiger partial charge in [0.1, 0.15) is 6.34 Å².